The molecule has 0 radical (unpaired) electrons. The summed E-state index contributed by atoms with van der Waals surface area (Å²) in [7, 11) is 0. The van der Waals surface area contributed by atoms with E-state index in [-0.39, 0.29) is 6.61 Å². The maximum atomic E-state index is 12.3. The van der Waals surface area contributed by atoms with Gasteiger partial charge in [-0.1, -0.05) is 48.3 Å². The largest absolute Gasteiger partial charge is 0.445 e. The molecule has 1 aromatic carbocycles. The van der Waals surface area contributed by atoms with Crippen molar-refractivity contribution in [1.82, 2.24) is 10.2 Å². The van der Waals surface area contributed by atoms with Crippen molar-refractivity contribution in [2.75, 3.05) is 6.54 Å². The number of carbonyl (C=O) groups is 3. The van der Waals surface area contributed by atoms with Crippen LogP contribution in [0, 0.1) is 0 Å². The van der Waals surface area contributed by atoms with Crippen molar-refractivity contribution in [3.8, 4) is 0 Å². The summed E-state index contributed by atoms with van der Waals surface area (Å²) in [6.45, 7) is 5.81. The van der Waals surface area contributed by atoms with Gasteiger partial charge in [-0.3, -0.25) is 4.79 Å². The molecule has 2 atom stereocenters. The number of hydrogen-bond acceptors (Lipinski definition) is 6. The molecule has 0 aliphatic carbocycles. The van der Waals surface area contributed by atoms with Crippen LogP contribution < -0.4 is 5.32 Å². The summed E-state index contributed by atoms with van der Waals surface area (Å²) in [5.74, 6) is -0.542. The number of rotatable bonds is 9. The minimum absolute atomic E-state index is 0.212. The first-order chi connectivity index (χ1) is 14.7. The van der Waals surface area contributed by atoms with Crippen LogP contribution in [-0.2, 0) is 20.9 Å². The number of imide groups is 1. The molecule has 0 saturated carbocycles. The predicted molar refractivity (Wildman–Crippen MR) is 113 cm³/mol. The molecular formula is C21H29N5O5. The van der Waals surface area contributed by atoms with Crippen LogP contribution in [0.5, 0.6) is 0 Å². The van der Waals surface area contributed by atoms with Crippen LogP contribution in [0.3, 0.4) is 0 Å². The third-order valence-electron chi connectivity index (χ3n) is 4.61. The van der Waals surface area contributed by atoms with E-state index in [1.165, 1.54) is 0 Å². The summed E-state index contributed by atoms with van der Waals surface area (Å²) in [5.41, 5.74) is 8.86. The average Bonchev–Trinajstić information content (AvgIpc) is 2.71. The van der Waals surface area contributed by atoms with E-state index in [1.807, 2.05) is 30.3 Å². The van der Waals surface area contributed by atoms with Gasteiger partial charge in [0, 0.05) is 11.5 Å². The molecular weight excluding hydrogens is 402 g/mol. The number of ether oxygens (including phenoxy) is 2. The highest BCUT2D eigenvalue weighted by Gasteiger charge is 2.51. The van der Waals surface area contributed by atoms with Crippen molar-refractivity contribution in [1.29, 1.82) is 0 Å². The molecule has 1 aromatic rings. The lowest BCUT2D eigenvalue weighted by Crippen LogP contribution is -2.66. The van der Waals surface area contributed by atoms with Gasteiger partial charge in [0.25, 0.3) is 0 Å². The fraction of sp³-hybridized carbons (Fsp3) is 0.571. The average molecular weight is 431 g/mol. The fourth-order valence-electron chi connectivity index (χ4n) is 3.15. The zero-order valence-electron chi connectivity index (χ0n) is 18.1. The van der Waals surface area contributed by atoms with E-state index in [2.05, 4.69) is 15.3 Å². The molecule has 1 N–H and O–H groups in total. The van der Waals surface area contributed by atoms with Crippen molar-refractivity contribution >= 4 is 18.1 Å². The zero-order valence-corrected chi connectivity index (χ0v) is 18.1. The van der Waals surface area contributed by atoms with Crippen LogP contribution in [0.4, 0.5) is 9.59 Å². The molecule has 168 valence electrons. The standard InChI is InChI=1S/C21H29N5O5/c1-21(2,3)31-20(29)26-16(17(18(26)27)24-25-22)12-8-5-9-13-23-19(28)30-14-15-10-6-4-7-11-15/h4,6-7,10-11,16-17H,5,8-9,12-14H2,1-3H3,(H,23,28)/t16-,17-/m1/s1. The van der Waals surface area contributed by atoms with Gasteiger partial charge in [-0.05, 0) is 44.7 Å². The number of azide groups is 1. The van der Waals surface area contributed by atoms with Crippen molar-refractivity contribution < 1.29 is 23.9 Å². The van der Waals surface area contributed by atoms with Crippen molar-refractivity contribution in [3.63, 3.8) is 0 Å². The van der Waals surface area contributed by atoms with Crippen LogP contribution in [0.2, 0.25) is 0 Å². The zero-order chi connectivity index (χ0) is 22.9. The first-order valence-electron chi connectivity index (χ1n) is 10.3. The minimum Gasteiger partial charge on any atom is -0.445 e. The second-order valence-corrected chi connectivity index (χ2v) is 8.24. The number of carbonyl (C=O) groups excluding carboxylic acids is 3. The summed E-state index contributed by atoms with van der Waals surface area (Å²) in [6, 6.07) is 8.01. The topological polar surface area (TPSA) is 134 Å². The van der Waals surface area contributed by atoms with Gasteiger partial charge in [0.1, 0.15) is 18.2 Å². The van der Waals surface area contributed by atoms with Crippen LogP contribution in [0.1, 0.15) is 52.0 Å². The van der Waals surface area contributed by atoms with Gasteiger partial charge in [0.2, 0.25) is 5.91 Å². The molecule has 0 unspecified atom stereocenters. The number of alkyl carbamates (subject to hydrolysis) is 1. The first kappa shape index (κ1) is 24.0. The second-order valence-electron chi connectivity index (χ2n) is 8.24. The minimum atomic E-state index is -0.886. The number of likely N-dealkylation sites (tertiary alicyclic amines) is 1. The van der Waals surface area contributed by atoms with E-state index >= 15 is 0 Å². The van der Waals surface area contributed by atoms with Crippen LogP contribution in [0.25, 0.3) is 10.4 Å². The molecule has 0 aromatic heterocycles. The van der Waals surface area contributed by atoms with E-state index in [9.17, 15) is 14.4 Å². The normalized spacial score (nSPS) is 17.9. The summed E-state index contributed by atoms with van der Waals surface area (Å²) in [5, 5.41) is 6.20. The molecule has 1 fully saturated rings. The van der Waals surface area contributed by atoms with Crippen molar-refractivity contribution in [3.05, 3.63) is 46.3 Å². The Morgan fingerprint density at radius 3 is 2.55 bits per heavy atom. The van der Waals surface area contributed by atoms with Gasteiger partial charge >= 0.3 is 12.2 Å². The molecule has 1 saturated heterocycles. The molecule has 3 amide bonds. The Labute approximate surface area is 181 Å². The molecule has 10 heteroatoms. The number of nitrogens with one attached hydrogen (secondary N) is 1. The van der Waals surface area contributed by atoms with Crippen LogP contribution >= 0.6 is 0 Å². The maximum Gasteiger partial charge on any atom is 0.417 e. The fourth-order valence-corrected chi connectivity index (χ4v) is 3.15. The Morgan fingerprint density at radius 1 is 1.19 bits per heavy atom. The highest BCUT2D eigenvalue weighted by atomic mass is 16.6. The Hall–Kier alpha value is -3.26. The van der Waals surface area contributed by atoms with E-state index in [0.29, 0.717) is 25.8 Å². The van der Waals surface area contributed by atoms with Crippen LogP contribution in [0.15, 0.2) is 35.4 Å². The lowest BCUT2D eigenvalue weighted by atomic mass is 9.91. The summed E-state index contributed by atoms with van der Waals surface area (Å²) < 4.78 is 10.4. The van der Waals surface area contributed by atoms with Gasteiger partial charge in [-0.15, -0.1) is 0 Å². The lowest BCUT2D eigenvalue weighted by Gasteiger charge is -2.43. The molecule has 2 rings (SSSR count). The Morgan fingerprint density at radius 2 is 1.90 bits per heavy atom. The van der Waals surface area contributed by atoms with E-state index in [1.54, 1.807) is 20.8 Å². The quantitative estimate of drug-likeness (QED) is 0.205. The number of nitrogens with zero attached hydrogens (tertiary/aromatic N) is 4. The number of unbranched alkanes of at least 4 members (excludes halogenated alkanes) is 2. The van der Waals surface area contributed by atoms with Gasteiger partial charge in [0.15, 0.2) is 0 Å². The molecule has 1 aliphatic heterocycles. The third-order valence-corrected chi connectivity index (χ3v) is 4.61. The number of amides is 3. The molecule has 0 bridgehead atoms. The summed E-state index contributed by atoms with van der Waals surface area (Å²) in [6.07, 6.45) is 1.44. The molecule has 10 nitrogen and oxygen atoms in total. The van der Waals surface area contributed by atoms with Gasteiger partial charge in [-0.25, -0.2) is 14.5 Å². The highest BCUT2D eigenvalue weighted by molar-refractivity contribution is 6.01. The van der Waals surface area contributed by atoms with Crippen molar-refractivity contribution in [2.45, 2.75) is 70.7 Å². The molecule has 1 heterocycles. The van der Waals surface area contributed by atoms with Gasteiger partial charge in [0.05, 0.1) is 6.04 Å². The monoisotopic (exact) mass is 431 g/mol. The third kappa shape index (κ3) is 7.49. The smallest absolute Gasteiger partial charge is 0.417 e. The second kappa shape index (κ2) is 11.2. The first-order valence-corrected chi connectivity index (χ1v) is 10.3. The van der Waals surface area contributed by atoms with E-state index in [0.717, 1.165) is 16.9 Å². The Kier molecular flexibility index (Phi) is 8.69. The SMILES string of the molecule is CC(C)(C)OC(=O)N1C(=O)[C@H](N=[N+]=[N-])[C@H]1CCCCCNC(=O)OCc1ccccc1. The van der Waals surface area contributed by atoms with Crippen molar-refractivity contribution in [2.24, 2.45) is 5.11 Å². The van der Waals surface area contributed by atoms with E-state index in [4.69, 9.17) is 15.0 Å². The predicted octanol–water partition coefficient (Wildman–Crippen LogP) is 4.30. The summed E-state index contributed by atoms with van der Waals surface area (Å²) >= 11 is 0. The van der Waals surface area contributed by atoms with Gasteiger partial charge in [-0.2, -0.15) is 0 Å². The van der Waals surface area contributed by atoms with Crippen LogP contribution in [-0.4, -0.2) is 47.2 Å². The molecule has 0 spiro atoms. The lowest BCUT2D eigenvalue weighted by molar-refractivity contribution is -0.147. The number of benzene rings is 1. The Bertz CT molecular complexity index is 817. The maximum absolute atomic E-state index is 12.3. The number of hydrogen-bond donors (Lipinski definition) is 1. The molecule has 31 heavy (non-hydrogen) atoms. The summed E-state index contributed by atoms with van der Waals surface area (Å²) in [4.78, 5) is 39.9. The Balaban J connectivity index is 1.69. The molecule has 1 aliphatic rings. The van der Waals surface area contributed by atoms with E-state index < -0.39 is 35.8 Å². The highest BCUT2D eigenvalue weighted by Crippen LogP contribution is 2.29. The number of β-lactam (4-membered cyclic amide) rings is 1. The van der Waals surface area contributed by atoms with Gasteiger partial charge < -0.3 is 14.8 Å².